The fourth-order valence-electron chi connectivity index (χ4n) is 1.05. The first kappa shape index (κ1) is 10.3. The second kappa shape index (κ2) is 5.03. The minimum absolute atomic E-state index is 0.612. The van der Waals surface area contributed by atoms with Gasteiger partial charge in [0.05, 0.1) is 5.70 Å². The summed E-state index contributed by atoms with van der Waals surface area (Å²) in [5.41, 5.74) is 4.54. The van der Waals surface area contributed by atoms with E-state index in [4.69, 9.17) is 0 Å². The largest absolute Gasteiger partial charge is 0.375 e. The van der Waals surface area contributed by atoms with Crippen molar-refractivity contribution in [1.29, 1.82) is 0 Å². The van der Waals surface area contributed by atoms with E-state index in [0.717, 1.165) is 0 Å². The van der Waals surface area contributed by atoms with Crippen LogP contribution in [0.25, 0.3) is 0 Å². The van der Waals surface area contributed by atoms with Gasteiger partial charge < -0.3 is 4.90 Å². The molecule has 0 aliphatic heterocycles. The smallest absolute Gasteiger partial charge is 0.0583 e. The molecule has 0 aromatic rings. The molecule has 64 valence electrons. The molecule has 1 nitrogen and oxygen atoms in total. The van der Waals surface area contributed by atoms with E-state index in [2.05, 4.69) is 38.6 Å². The quantitative estimate of drug-likeness (QED) is 0.563. The molecule has 0 N–H and O–H groups in total. The number of hydrogen-bond acceptors (Lipinski definition) is 1. The highest BCUT2D eigenvalue weighted by Gasteiger charge is 2.06. The number of nitrogens with zero attached hydrogens (tertiary/aromatic N) is 1. The molecule has 0 fully saturated rings. The van der Waals surface area contributed by atoms with Crippen molar-refractivity contribution in [2.24, 2.45) is 5.92 Å². The molecule has 1 unspecified atom stereocenters. The lowest BCUT2D eigenvalue weighted by Gasteiger charge is -2.19. The van der Waals surface area contributed by atoms with Crippen LogP contribution in [0.1, 0.15) is 27.2 Å². The van der Waals surface area contributed by atoms with Crippen molar-refractivity contribution in [1.82, 2.24) is 4.90 Å². The van der Waals surface area contributed by atoms with Crippen LogP contribution in [-0.2, 0) is 0 Å². The van der Waals surface area contributed by atoms with Crippen LogP contribution in [0.3, 0.4) is 0 Å². The van der Waals surface area contributed by atoms with Crippen LogP contribution in [0.2, 0.25) is 0 Å². The third-order valence-corrected chi connectivity index (χ3v) is 1.85. The fourth-order valence-corrected chi connectivity index (χ4v) is 1.05. The molecule has 0 saturated heterocycles. The second-order valence-electron chi connectivity index (χ2n) is 3.02. The molecule has 0 radical (unpaired) electrons. The molecule has 0 rings (SSSR count). The molecular weight excluding hydrogens is 134 g/mol. The van der Waals surface area contributed by atoms with Crippen molar-refractivity contribution in [2.45, 2.75) is 27.2 Å². The van der Waals surface area contributed by atoms with Gasteiger partial charge in [-0.2, -0.15) is 0 Å². The van der Waals surface area contributed by atoms with E-state index < -0.39 is 0 Å². The number of hydrogen-bond donors (Lipinski definition) is 0. The van der Waals surface area contributed by atoms with Gasteiger partial charge in [-0.15, -0.1) is 5.73 Å². The average molecular weight is 153 g/mol. The molecule has 1 heteroatoms. The molecule has 0 aliphatic rings. The van der Waals surface area contributed by atoms with Crippen molar-refractivity contribution in [3.8, 4) is 0 Å². The van der Waals surface area contributed by atoms with Crippen LogP contribution < -0.4 is 0 Å². The SMILES string of the molecule is CC=C=C(C(C)CC)N(C)C. The van der Waals surface area contributed by atoms with Crippen LogP contribution >= 0.6 is 0 Å². The van der Waals surface area contributed by atoms with Gasteiger partial charge in [-0.25, -0.2) is 0 Å². The van der Waals surface area contributed by atoms with E-state index in [1.807, 2.05) is 13.0 Å². The van der Waals surface area contributed by atoms with Crippen molar-refractivity contribution in [2.75, 3.05) is 14.1 Å². The Morgan fingerprint density at radius 2 is 2.09 bits per heavy atom. The lowest BCUT2D eigenvalue weighted by Crippen LogP contribution is -2.16. The van der Waals surface area contributed by atoms with Crippen LogP contribution in [0.15, 0.2) is 17.5 Å². The standard InChI is InChI=1S/C10H19N/c1-6-8-10(11(4)5)9(3)7-2/h6,9H,7H2,1-5H3. The van der Waals surface area contributed by atoms with Crippen molar-refractivity contribution < 1.29 is 0 Å². The maximum atomic E-state index is 3.25. The summed E-state index contributed by atoms with van der Waals surface area (Å²) in [6, 6.07) is 0. The summed E-state index contributed by atoms with van der Waals surface area (Å²) in [5.74, 6) is 0.612. The topological polar surface area (TPSA) is 3.24 Å². The highest BCUT2D eigenvalue weighted by molar-refractivity contribution is 5.02. The van der Waals surface area contributed by atoms with Gasteiger partial charge in [-0.1, -0.05) is 13.8 Å². The first-order chi connectivity index (χ1) is 5.13. The van der Waals surface area contributed by atoms with Gasteiger partial charge in [0, 0.05) is 20.0 Å². The van der Waals surface area contributed by atoms with Crippen LogP contribution in [0.5, 0.6) is 0 Å². The minimum atomic E-state index is 0.612. The molecule has 0 saturated carbocycles. The zero-order valence-electron chi connectivity index (χ0n) is 8.31. The highest BCUT2D eigenvalue weighted by Crippen LogP contribution is 2.14. The average Bonchev–Trinajstić information content (AvgIpc) is 1.98. The Balaban J connectivity index is 4.48. The maximum absolute atomic E-state index is 3.25. The summed E-state index contributed by atoms with van der Waals surface area (Å²) >= 11 is 0. The zero-order valence-corrected chi connectivity index (χ0v) is 8.31. The normalized spacial score (nSPS) is 11.7. The Labute approximate surface area is 70.4 Å². The van der Waals surface area contributed by atoms with Gasteiger partial charge in [0.2, 0.25) is 0 Å². The van der Waals surface area contributed by atoms with Gasteiger partial charge in [-0.3, -0.25) is 0 Å². The molecular formula is C10H19N. The van der Waals surface area contributed by atoms with E-state index in [1.165, 1.54) is 12.1 Å². The summed E-state index contributed by atoms with van der Waals surface area (Å²) in [6.07, 6.45) is 3.15. The molecule has 0 amide bonds. The Morgan fingerprint density at radius 1 is 1.55 bits per heavy atom. The van der Waals surface area contributed by atoms with E-state index >= 15 is 0 Å². The predicted molar refractivity (Wildman–Crippen MR) is 50.4 cm³/mol. The highest BCUT2D eigenvalue weighted by atomic mass is 15.1. The molecule has 0 bridgehead atoms. The maximum Gasteiger partial charge on any atom is 0.0583 e. The van der Waals surface area contributed by atoms with Gasteiger partial charge in [0.1, 0.15) is 0 Å². The third kappa shape index (κ3) is 3.29. The summed E-state index contributed by atoms with van der Waals surface area (Å²) in [6.45, 7) is 6.43. The van der Waals surface area contributed by atoms with Crippen molar-refractivity contribution >= 4 is 0 Å². The van der Waals surface area contributed by atoms with E-state index in [-0.39, 0.29) is 0 Å². The first-order valence-corrected chi connectivity index (χ1v) is 4.22. The number of allylic oxidation sites excluding steroid dienone is 1. The van der Waals surface area contributed by atoms with E-state index in [0.29, 0.717) is 5.92 Å². The Morgan fingerprint density at radius 3 is 2.36 bits per heavy atom. The number of rotatable bonds is 3. The first-order valence-electron chi connectivity index (χ1n) is 4.22. The van der Waals surface area contributed by atoms with Gasteiger partial charge in [-0.05, 0) is 19.4 Å². The predicted octanol–water partition coefficient (Wildman–Crippen LogP) is 2.65. The van der Waals surface area contributed by atoms with Crippen molar-refractivity contribution in [3.05, 3.63) is 17.5 Å². The minimum Gasteiger partial charge on any atom is -0.375 e. The Bertz CT molecular complexity index is 162. The Kier molecular flexibility index (Phi) is 4.72. The molecule has 0 heterocycles. The monoisotopic (exact) mass is 153 g/mol. The summed E-state index contributed by atoms with van der Waals surface area (Å²) < 4.78 is 0. The summed E-state index contributed by atoms with van der Waals surface area (Å²) in [4.78, 5) is 2.13. The Hall–Kier alpha value is -0.680. The molecule has 11 heavy (non-hydrogen) atoms. The lowest BCUT2D eigenvalue weighted by atomic mass is 10.1. The lowest BCUT2D eigenvalue weighted by molar-refractivity contribution is 0.426. The van der Waals surface area contributed by atoms with Gasteiger partial charge in [0.15, 0.2) is 0 Å². The molecule has 0 aliphatic carbocycles. The van der Waals surface area contributed by atoms with Crippen LogP contribution in [0.4, 0.5) is 0 Å². The molecule has 0 aromatic heterocycles. The molecule has 0 aromatic carbocycles. The van der Waals surface area contributed by atoms with Gasteiger partial charge >= 0.3 is 0 Å². The van der Waals surface area contributed by atoms with E-state index in [9.17, 15) is 0 Å². The van der Waals surface area contributed by atoms with Crippen molar-refractivity contribution in [3.63, 3.8) is 0 Å². The second-order valence-corrected chi connectivity index (χ2v) is 3.02. The van der Waals surface area contributed by atoms with Gasteiger partial charge in [0.25, 0.3) is 0 Å². The fraction of sp³-hybridized carbons (Fsp3) is 0.700. The van der Waals surface area contributed by atoms with E-state index in [1.54, 1.807) is 0 Å². The molecule has 0 spiro atoms. The molecule has 1 atom stereocenters. The summed E-state index contributed by atoms with van der Waals surface area (Å²) in [7, 11) is 4.13. The van der Waals surface area contributed by atoms with Crippen LogP contribution in [0, 0.1) is 5.92 Å². The zero-order chi connectivity index (χ0) is 8.85. The van der Waals surface area contributed by atoms with Crippen LogP contribution in [-0.4, -0.2) is 19.0 Å². The third-order valence-electron chi connectivity index (χ3n) is 1.85. The summed E-state index contributed by atoms with van der Waals surface area (Å²) in [5, 5.41) is 0.